The number of carbonyl (C=O) groups is 1. The van der Waals surface area contributed by atoms with Gasteiger partial charge >= 0.3 is 0 Å². The first-order chi connectivity index (χ1) is 13.6. The maximum atomic E-state index is 12.8. The van der Waals surface area contributed by atoms with E-state index in [4.69, 9.17) is 4.74 Å². The molecule has 1 amide bonds. The van der Waals surface area contributed by atoms with Gasteiger partial charge in [-0.2, -0.15) is 5.10 Å². The van der Waals surface area contributed by atoms with Crippen LogP contribution in [0.4, 0.5) is 0 Å². The molecule has 3 aromatic rings. The first-order valence-electron chi connectivity index (χ1n) is 9.29. The number of aromatic nitrogens is 3. The van der Waals surface area contributed by atoms with Crippen LogP contribution in [0, 0.1) is 0 Å². The minimum atomic E-state index is -0.155. The third-order valence-electron chi connectivity index (χ3n) is 4.91. The largest absolute Gasteiger partial charge is 0.481 e. The van der Waals surface area contributed by atoms with Crippen LogP contribution in [0.15, 0.2) is 54.7 Å². The Balaban J connectivity index is 0.00000240. The Hall–Kier alpha value is -2.90. The van der Waals surface area contributed by atoms with Gasteiger partial charge in [-0.3, -0.25) is 4.79 Å². The number of pyridine rings is 1. The maximum absolute atomic E-state index is 12.8. The molecule has 1 saturated heterocycles. The number of nitrogens with zero attached hydrogens (tertiary/aromatic N) is 4. The first kappa shape index (κ1) is 20.8. The number of methoxy groups -OCH3 is 1. The van der Waals surface area contributed by atoms with Crippen molar-refractivity contribution in [3.8, 4) is 22.8 Å². The fourth-order valence-electron chi connectivity index (χ4n) is 3.43. The minimum absolute atomic E-state index is 0. The molecule has 0 bridgehead atoms. The van der Waals surface area contributed by atoms with Gasteiger partial charge in [-0.1, -0.05) is 30.3 Å². The van der Waals surface area contributed by atoms with Gasteiger partial charge in [-0.05, 0) is 32.1 Å². The van der Waals surface area contributed by atoms with E-state index >= 15 is 0 Å². The van der Waals surface area contributed by atoms with Crippen molar-refractivity contribution in [1.29, 1.82) is 0 Å². The zero-order valence-corrected chi connectivity index (χ0v) is 17.2. The normalized spacial score (nSPS) is 16.3. The molecule has 2 aromatic heterocycles. The van der Waals surface area contributed by atoms with E-state index in [9.17, 15) is 4.79 Å². The van der Waals surface area contributed by atoms with Crippen LogP contribution in [0.2, 0.25) is 0 Å². The van der Waals surface area contributed by atoms with E-state index in [1.165, 1.54) is 0 Å². The van der Waals surface area contributed by atoms with E-state index in [2.05, 4.69) is 27.3 Å². The number of rotatable bonds is 5. The van der Waals surface area contributed by atoms with Crippen LogP contribution in [-0.4, -0.2) is 58.9 Å². The summed E-state index contributed by atoms with van der Waals surface area (Å²) in [6, 6.07) is 15.5. The molecule has 4 rings (SSSR count). The van der Waals surface area contributed by atoms with Crippen LogP contribution in [0.1, 0.15) is 16.9 Å². The van der Waals surface area contributed by atoms with Crippen LogP contribution in [0.3, 0.4) is 0 Å². The van der Waals surface area contributed by atoms with Gasteiger partial charge in [0.2, 0.25) is 5.88 Å². The number of benzene rings is 1. The Bertz CT molecular complexity index is 959. The molecule has 0 aliphatic carbocycles. The fraction of sp³-hybridized carbons (Fsp3) is 0.286. The Labute approximate surface area is 176 Å². The van der Waals surface area contributed by atoms with Gasteiger partial charge in [0, 0.05) is 24.2 Å². The summed E-state index contributed by atoms with van der Waals surface area (Å²) in [6.45, 7) is 1.85. The standard InChI is InChI=1S/C21H23N5O2.ClH/c1-25-11-10-16(14-25)23-21(27)18-12-19(15-6-4-3-5-7-15)26(24-18)17-8-9-20(28-2)22-13-17;/h3-9,12-13,16H,10-11,14H2,1-2H3,(H,23,27);1H. The van der Waals surface area contributed by atoms with Crippen LogP contribution >= 0.6 is 12.4 Å². The van der Waals surface area contributed by atoms with Crippen molar-refractivity contribution in [2.45, 2.75) is 12.5 Å². The van der Waals surface area contributed by atoms with Crippen molar-refractivity contribution < 1.29 is 9.53 Å². The summed E-state index contributed by atoms with van der Waals surface area (Å²) in [5.74, 6) is 0.373. The molecular formula is C21H24ClN5O2. The van der Waals surface area contributed by atoms with Gasteiger partial charge in [0.1, 0.15) is 0 Å². The highest BCUT2D eigenvalue weighted by atomic mass is 35.5. The number of nitrogens with one attached hydrogen (secondary N) is 1. The molecule has 1 aromatic carbocycles. The Morgan fingerprint density at radius 3 is 2.62 bits per heavy atom. The van der Waals surface area contributed by atoms with Crippen molar-refractivity contribution in [2.24, 2.45) is 0 Å². The number of carbonyl (C=O) groups excluding carboxylic acids is 1. The lowest BCUT2D eigenvalue weighted by atomic mass is 10.1. The quantitative estimate of drug-likeness (QED) is 0.696. The van der Waals surface area contributed by atoms with Crippen molar-refractivity contribution in [1.82, 2.24) is 25.0 Å². The second-order valence-corrected chi connectivity index (χ2v) is 6.97. The lowest BCUT2D eigenvalue weighted by Gasteiger charge is -2.11. The molecule has 8 heteroatoms. The predicted molar refractivity (Wildman–Crippen MR) is 114 cm³/mol. The summed E-state index contributed by atoms with van der Waals surface area (Å²) >= 11 is 0. The lowest BCUT2D eigenvalue weighted by Crippen LogP contribution is -2.36. The topological polar surface area (TPSA) is 72.3 Å². The predicted octanol–water partition coefficient (Wildman–Crippen LogP) is 2.80. The van der Waals surface area contributed by atoms with Crippen molar-refractivity contribution in [3.63, 3.8) is 0 Å². The van der Waals surface area contributed by atoms with Gasteiger partial charge < -0.3 is 15.0 Å². The molecule has 152 valence electrons. The number of hydrogen-bond acceptors (Lipinski definition) is 5. The van der Waals surface area contributed by atoms with Crippen molar-refractivity contribution in [2.75, 3.05) is 27.2 Å². The highest BCUT2D eigenvalue weighted by Gasteiger charge is 2.24. The molecule has 1 unspecified atom stereocenters. The molecule has 0 spiro atoms. The smallest absolute Gasteiger partial charge is 0.272 e. The molecule has 1 aliphatic rings. The summed E-state index contributed by atoms with van der Waals surface area (Å²) in [6.07, 6.45) is 2.64. The Morgan fingerprint density at radius 2 is 2.00 bits per heavy atom. The number of amides is 1. The van der Waals surface area contributed by atoms with E-state index in [1.54, 1.807) is 24.1 Å². The van der Waals surface area contributed by atoms with E-state index in [1.807, 2.05) is 42.5 Å². The molecule has 1 N–H and O–H groups in total. The second-order valence-electron chi connectivity index (χ2n) is 6.97. The van der Waals surface area contributed by atoms with Crippen molar-refractivity contribution in [3.05, 3.63) is 60.4 Å². The average molecular weight is 414 g/mol. The number of hydrogen-bond donors (Lipinski definition) is 1. The third kappa shape index (κ3) is 4.58. The third-order valence-corrected chi connectivity index (χ3v) is 4.91. The molecule has 0 radical (unpaired) electrons. The second kappa shape index (κ2) is 9.07. The van der Waals surface area contributed by atoms with E-state index < -0.39 is 0 Å². The van der Waals surface area contributed by atoms with Crippen LogP contribution < -0.4 is 10.1 Å². The molecule has 29 heavy (non-hydrogen) atoms. The molecular weight excluding hydrogens is 390 g/mol. The zero-order valence-electron chi connectivity index (χ0n) is 16.4. The Morgan fingerprint density at radius 1 is 1.21 bits per heavy atom. The fourth-order valence-corrected chi connectivity index (χ4v) is 3.43. The van der Waals surface area contributed by atoms with E-state index in [0.29, 0.717) is 11.6 Å². The number of halogens is 1. The summed E-state index contributed by atoms with van der Waals surface area (Å²) in [5, 5.41) is 7.68. The minimum Gasteiger partial charge on any atom is -0.481 e. The molecule has 0 saturated carbocycles. The van der Waals surface area contributed by atoms with Gasteiger partial charge in [-0.15, -0.1) is 12.4 Å². The molecule has 1 aliphatic heterocycles. The molecule has 1 atom stereocenters. The van der Waals surface area contributed by atoms with Gasteiger partial charge in [0.15, 0.2) is 5.69 Å². The highest BCUT2D eigenvalue weighted by molar-refractivity contribution is 5.93. The summed E-state index contributed by atoms with van der Waals surface area (Å²) in [5.41, 5.74) is 2.97. The number of likely N-dealkylation sites (tertiary alicyclic amines) is 1. The zero-order chi connectivity index (χ0) is 19.5. The Kier molecular flexibility index (Phi) is 6.51. The monoisotopic (exact) mass is 413 g/mol. The molecule has 3 heterocycles. The maximum Gasteiger partial charge on any atom is 0.272 e. The first-order valence-corrected chi connectivity index (χ1v) is 9.29. The molecule has 1 fully saturated rings. The number of ether oxygens (including phenoxy) is 1. The van der Waals surface area contributed by atoms with E-state index in [-0.39, 0.29) is 24.4 Å². The highest BCUT2D eigenvalue weighted by Crippen LogP contribution is 2.24. The SMILES string of the molecule is COc1ccc(-n2nc(C(=O)NC3CCN(C)C3)cc2-c2ccccc2)cn1.Cl. The van der Waals surface area contributed by atoms with Crippen LogP contribution in [0.25, 0.3) is 16.9 Å². The van der Waals surface area contributed by atoms with Crippen LogP contribution in [0.5, 0.6) is 5.88 Å². The van der Waals surface area contributed by atoms with Gasteiger partial charge in [0.05, 0.1) is 24.7 Å². The summed E-state index contributed by atoms with van der Waals surface area (Å²) in [7, 11) is 3.64. The lowest BCUT2D eigenvalue weighted by molar-refractivity contribution is 0.0933. The molecule has 7 nitrogen and oxygen atoms in total. The number of likely N-dealkylation sites (N-methyl/N-ethyl adjacent to an activating group) is 1. The summed E-state index contributed by atoms with van der Waals surface area (Å²) in [4.78, 5) is 19.3. The average Bonchev–Trinajstić information content (AvgIpc) is 3.35. The van der Waals surface area contributed by atoms with Gasteiger partial charge in [0.25, 0.3) is 5.91 Å². The summed E-state index contributed by atoms with van der Waals surface area (Å²) < 4.78 is 6.88. The van der Waals surface area contributed by atoms with E-state index in [0.717, 1.165) is 36.5 Å². The van der Waals surface area contributed by atoms with Crippen LogP contribution in [-0.2, 0) is 0 Å². The van der Waals surface area contributed by atoms with Crippen molar-refractivity contribution >= 4 is 18.3 Å². The van der Waals surface area contributed by atoms with Gasteiger partial charge in [-0.25, -0.2) is 9.67 Å².